The Hall–Kier alpha value is -1.88. The molecule has 0 radical (unpaired) electrons. The van der Waals surface area contributed by atoms with Crippen LogP contribution in [0, 0.1) is 0 Å². The number of halogens is 3. The minimum absolute atomic E-state index is 0.281. The van der Waals surface area contributed by atoms with E-state index in [9.17, 15) is 13.2 Å². The van der Waals surface area contributed by atoms with Gasteiger partial charge in [0, 0.05) is 23.4 Å². The molecule has 0 aromatic heterocycles. The lowest BCUT2D eigenvalue weighted by atomic mass is 9.91. The Balaban J connectivity index is 1.81. The summed E-state index contributed by atoms with van der Waals surface area (Å²) in [6, 6.07) is 11.6. The van der Waals surface area contributed by atoms with Gasteiger partial charge in [-0.25, -0.2) is 0 Å². The molecular weight excluding hydrogens is 331 g/mol. The summed E-state index contributed by atoms with van der Waals surface area (Å²) in [6.45, 7) is 2.18. The quantitative estimate of drug-likeness (QED) is 0.642. The molecule has 0 spiro atoms. The van der Waals surface area contributed by atoms with Crippen molar-refractivity contribution in [2.24, 2.45) is 0 Å². The van der Waals surface area contributed by atoms with E-state index in [1.54, 1.807) is 12.1 Å². The van der Waals surface area contributed by atoms with Gasteiger partial charge in [-0.05, 0) is 28.8 Å². The third kappa shape index (κ3) is 2.25. The minimum Gasteiger partial charge on any atom is -0.364 e. The normalized spacial score (nSPS) is 19.7. The lowest BCUT2D eigenvalue weighted by Gasteiger charge is -2.19. The Morgan fingerprint density at radius 3 is 2.38 bits per heavy atom. The van der Waals surface area contributed by atoms with Crippen molar-refractivity contribution in [3.05, 3.63) is 64.1 Å². The number of hydrogen-bond acceptors (Lipinski definition) is 2. The standard InChI is InChI=1S/C19H16F3NS/c1-11-16-14(12-6-8-13(9-7-12)19(20,21)22)4-3-5-15(16)17-18(11)24-10-23(17)2/h3-9,11H,10H2,1-2H3. The van der Waals surface area contributed by atoms with E-state index in [0.717, 1.165) is 29.1 Å². The summed E-state index contributed by atoms with van der Waals surface area (Å²) in [5, 5.41) is 0. The first-order valence-corrected chi connectivity index (χ1v) is 8.75. The van der Waals surface area contributed by atoms with Crippen LogP contribution in [0.2, 0.25) is 0 Å². The van der Waals surface area contributed by atoms with Crippen molar-refractivity contribution in [1.29, 1.82) is 0 Å². The summed E-state index contributed by atoms with van der Waals surface area (Å²) < 4.78 is 38.4. The van der Waals surface area contributed by atoms with E-state index < -0.39 is 11.7 Å². The van der Waals surface area contributed by atoms with Crippen LogP contribution in [0.3, 0.4) is 0 Å². The largest absolute Gasteiger partial charge is 0.416 e. The summed E-state index contributed by atoms with van der Waals surface area (Å²) in [7, 11) is 2.09. The van der Waals surface area contributed by atoms with Crippen LogP contribution in [0.4, 0.5) is 13.2 Å². The van der Waals surface area contributed by atoms with Crippen molar-refractivity contribution in [2.75, 3.05) is 12.9 Å². The van der Waals surface area contributed by atoms with Crippen LogP contribution >= 0.6 is 11.8 Å². The fourth-order valence-corrected chi connectivity index (χ4v) is 4.85. The van der Waals surface area contributed by atoms with Gasteiger partial charge in [0.25, 0.3) is 0 Å². The van der Waals surface area contributed by atoms with Gasteiger partial charge in [-0.3, -0.25) is 0 Å². The summed E-state index contributed by atoms with van der Waals surface area (Å²) in [5.74, 6) is 1.24. The maximum absolute atomic E-state index is 12.8. The van der Waals surface area contributed by atoms with Gasteiger partial charge in [-0.1, -0.05) is 37.3 Å². The van der Waals surface area contributed by atoms with E-state index in [4.69, 9.17) is 0 Å². The molecule has 124 valence electrons. The molecule has 2 aromatic carbocycles. The van der Waals surface area contributed by atoms with Gasteiger partial charge in [0.2, 0.25) is 0 Å². The zero-order chi connectivity index (χ0) is 17.1. The van der Waals surface area contributed by atoms with Crippen LogP contribution in [0.15, 0.2) is 47.4 Å². The van der Waals surface area contributed by atoms with Crippen molar-refractivity contribution < 1.29 is 13.2 Å². The fourth-order valence-electron chi connectivity index (χ4n) is 3.62. The van der Waals surface area contributed by atoms with Gasteiger partial charge in [0.15, 0.2) is 0 Å². The highest BCUT2D eigenvalue weighted by Gasteiger charge is 2.36. The second-order valence-electron chi connectivity index (χ2n) is 6.25. The number of alkyl halides is 3. The summed E-state index contributed by atoms with van der Waals surface area (Å²) in [6.07, 6.45) is -4.30. The predicted octanol–water partition coefficient (Wildman–Crippen LogP) is 5.79. The van der Waals surface area contributed by atoms with Crippen molar-refractivity contribution in [2.45, 2.75) is 19.0 Å². The predicted molar refractivity (Wildman–Crippen MR) is 92.4 cm³/mol. The molecule has 0 amide bonds. The first-order valence-electron chi connectivity index (χ1n) is 7.77. The zero-order valence-corrected chi connectivity index (χ0v) is 14.1. The van der Waals surface area contributed by atoms with E-state index in [1.807, 2.05) is 23.9 Å². The number of hydrogen-bond donors (Lipinski definition) is 0. The van der Waals surface area contributed by atoms with E-state index in [-0.39, 0.29) is 5.92 Å². The molecule has 24 heavy (non-hydrogen) atoms. The lowest BCUT2D eigenvalue weighted by Crippen LogP contribution is -2.11. The molecule has 1 aliphatic carbocycles. The van der Waals surface area contributed by atoms with Crippen LogP contribution < -0.4 is 0 Å². The average molecular weight is 347 g/mol. The lowest BCUT2D eigenvalue weighted by molar-refractivity contribution is -0.137. The number of benzene rings is 2. The molecule has 1 nitrogen and oxygen atoms in total. The average Bonchev–Trinajstić information content (AvgIpc) is 3.07. The number of rotatable bonds is 1. The van der Waals surface area contributed by atoms with Gasteiger partial charge in [0.1, 0.15) is 0 Å². The van der Waals surface area contributed by atoms with Crippen molar-refractivity contribution in [3.8, 4) is 11.1 Å². The molecular formula is C19H16F3NS. The minimum atomic E-state index is -4.30. The highest BCUT2D eigenvalue weighted by Crippen LogP contribution is 2.54. The molecule has 5 heteroatoms. The van der Waals surface area contributed by atoms with Crippen molar-refractivity contribution >= 4 is 17.5 Å². The van der Waals surface area contributed by atoms with Crippen molar-refractivity contribution in [3.63, 3.8) is 0 Å². The van der Waals surface area contributed by atoms with E-state index in [2.05, 4.69) is 24.9 Å². The molecule has 0 N–H and O–H groups in total. The van der Waals surface area contributed by atoms with Crippen LogP contribution in [0.1, 0.15) is 29.5 Å². The Kier molecular flexibility index (Phi) is 3.46. The molecule has 0 saturated carbocycles. The summed E-state index contributed by atoms with van der Waals surface area (Å²) in [5.41, 5.74) is 4.96. The van der Waals surface area contributed by atoms with Crippen LogP contribution in [-0.2, 0) is 6.18 Å². The first kappa shape index (κ1) is 15.6. The molecule has 2 aromatic rings. The van der Waals surface area contributed by atoms with E-state index >= 15 is 0 Å². The SMILES string of the molecule is CC1C2=C(c3cccc(-c4ccc(C(F)(F)F)cc4)c31)N(C)CS2. The Labute approximate surface area is 143 Å². The second kappa shape index (κ2) is 5.31. The smallest absolute Gasteiger partial charge is 0.364 e. The van der Waals surface area contributed by atoms with Gasteiger partial charge in [-0.15, -0.1) is 11.8 Å². The highest BCUT2D eigenvalue weighted by molar-refractivity contribution is 8.03. The second-order valence-corrected chi connectivity index (χ2v) is 7.23. The third-order valence-electron chi connectivity index (χ3n) is 4.74. The van der Waals surface area contributed by atoms with Gasteiger partial charge in [0.05, 0.1) is 17.1 Å². The van der Waals surface area contributed by atoms with Crippen LogP contribution in [0.25, 0.3) is 16.8 Å². The number of nitrogens with zero attached hydrogens (tertiary/aromatic N) is 1. The first-order chi connectivity index (χ1) is 11.4. The van der Waals surface area contributed by atoms with Gasteiger partial charge >= 0.3 is 6.18 Å². The molecule has 0 fully saturated rings. The van der Waals surface area contributed by atoms with E-state index in [0.29, 0.717) is 0 Å². The number of thioether (sulfide) groups is 1. The number of allylic oxidation sites excluding steroid dienone is 1. The Morgan fingerprint density at radius 1 is 1.04 bits per heavy atom. The van der Waals surface area contributed by atoms with Crippen LogP contribution in [-0.4, -0.2) is 17.8 Å². The molecule has 4 rings (SSSR count). The van der Waals surface area contributed by atoms with Gasteiger partial charge in [-0.2, -0.15) is 13.2 Å². The summed E-state index contributed by atoms with van der Waals surface area (Å²) >= 11 is 1.85. The maximum atomic E-state index is 12.8. The van der Waals surface area contributed by atoms with E-state index in [1.165, 1.54) is 21.7 Å². The summed E-state index contributed by atoms with van der Waals surface area (Å²) in [4.78, 5) is 3.62. The number of fused-ring (bicyclic) bond motifs is 2. The highest BCUT2D eigenvalue weighted by atomic mass is 32.2. The van der Waals surface area contributed by atoms with Crippen LogP contribution in [0.5, 0.6) is 0 Å². The molecule has 2 aliphatic rings. The third-order valence-corrected chi connectivity index (χ3v) is 6.11. The maximum Gasteiger partial charge on any atom is 0.416 e. The molecule has 1 heterocycles. The van der Waals surface area contributed by atoms with Gasteiger partial charge < -0.3 is 4.90 Å². The Morgan fingerprint density at radius 2 is 1.71 bits per heavy atom. The zero-order valence-electron chi connectivity index (χ0n) is 13.3. The topological polar surface area (TPSA) is 3.24 Å². The molecule has 1 unspecified atom stereocenters. The Bertz CT molecular complexity index is 837. The molecule has 0 bridgehead atoms. The molecule has 0 saturated heterocycles. The fraction of sp³-hybridized carbons (Fsp3) is 0.263. The molecule has 1 atom stereocenters. The molecule has 1 aliphatic heterocycles. The van der Waals surface area contributed by atoms with Crippen molar-refractivity contribution in [1.82, 2.24) is 4.90 Å². The monoisotopic (exact) mass is 347 g/mol.